The summed E-state index contributed by atoms with van der Waals surface area (Å²) in [5.41, 5.74) is 2.15. The van der Waals surface area contributed by atoms with Gasteiger partial charge in [0.05, 0.1) is 24.3 Å². The van der Waals surface area contributed by atoms with Crippen molar-refractivity contribution >= 4 is 17.8 Å². The Morgan fingerprint density at radius 3 is 2.52 bits per heavy atom. The highest BCUT2D eigenvalue weighted by atomic mass is 16.5. The SMILES string of the molecule is COC(=O)c1cccc(-c2ccc(/C=C/C(=O)c3ccc(C#N)cc3)o2)c1. The van der Waals surface area contributed by atoms with Crippen LogP contribution in [0.15, 0.2) is 71.2 Å². The van der Waals surface area contributed by atoms with E-state index in [1.165, 1.54) is 13.2 Å². The van der Waals surface area contributed by atoms with Crippen molar-refractivity contribution in [1.29, 1.82) is 5.26 Å². The van der Waals surface area contributed by atoms with Crippen molar-refractivity contribution in [2.45, 2.75) is 0 Å². The zero-order valence-electron chi connectivity index (χ0n) is 14.5. The van der Waals surface area contributed by atoms with Crippen LogP contribution in [0.5, 0.6) is 0 Å². The molecule has 2 aromatic carbocycles. The largest absolute Gasteiger partial charge is 0.465 e. The minimum absolute atomic E-state index is 0.190. The molecule has 5 heteroatoms. The molecule has 0 N–H and O–H groups in total. The van der Waals surface area contributed by atoms with Crippen LogP contribution in [0.2, 0.25) is 0 Å². The molecule has 0 unspecified atom stereocenters. The minimum atomic E-state index is -0.420. The second kappa shape index (κ2) is 7.98. The average molecular weight is 357 g/mol. The van der Waals surface area contributed by atoms with E-state index < -0.39 is 5.97 Å². The number of benzene rings is 2. The van der Waals surface area contributed by atoms with E-state index in [-0.39, 0.29) is 5.78 Å². The maximum absolute atomic E-state index is 12.2. The van der Waals surface area contributed by atoms with Gasteiger partial charge < -0.3 is 9.15 Å². The highest BCUT2D eigenvalue weighted by Crippen LogP contribution is 2.24. The number of allylic oxidation sites excluding steroid dienone is 1. The lowest BCUT2D eigenvalue weighted by Gasteiger charge is -2.01. The molecule has 0 saturated carbocycles. The van der Waals surface area contributed by atoms with Crippen LogP contribution in [0.3, 0.4) is 0 Å². The fraction of sp³-hybridized carbons (Fsp3) is 0.0455. The van der Waals surface area contributed by atoms with E-state index in [4.69, 9.17) is 14.4 Å². The molecule has 1 heterocycles. The Morgan fingerprint density at radius 1 is 1.04 bits per heavy atom. The van der Waals surface area contributed by atoms with Gasteiger partial charge in [0, 0.05) is 11.1 Å². The van der Waals surface area contributed by atoms with Crippen LogP contribution in [0.1, 0.15) is 32.0 Å². The number of furan rings is 1. The molecular formula is C22H15NO4. The molecule has 27 heavy (non-hydrogen) atoms. The monoisotopic (exact) mass is 357 g/mol. The summed E-state index contributed by atoms with van der Waals surface area (Å²) in [6.07, 6.45) is 2.99. The molecule has 3 aromatic rings. The first kappa shape index (κ1) is 17.9. The van der Waals surface area contributed by atoms with E-state index in [0.29, 0.717) is 28.2 Å². The van der Waals surface area contributed by atoms with E-state index in [1.54, 1.807) is 60.7 Å². The molecule has 0 aliphatic carbocycles. The molecule has 0 atom stereocenters. The van der Waals surface area contributed by atoms with Crippen molar-refractivity contribution in [3.05, 3.63) is 89.2 Å². The third-order valence-corrected chi connectivity index (χ3v) is 3.89. The number of nitrogens with zero attached hydrogens (tertiary/aromatic N) is 1. The molecule has 0 radical (unpaired) electrons. The summed E-state index contributed by atoms with van der Waals surface area (Å²) in [6.45, 7) is 0. The highest BCUT2D eigenvalue weighted by Gasteiger charge is 2.09. The molecule has 1 aromatic heterocycles. The number of ketones is 1. The summed E-state index contributed by atoms with van der Waals surface area (Å²) in [6, 6.07) is 18.8. The standard InChI is InChI=1S/C22H15NO4/c1-26-22(25)18-4-2-3-17(13-18)21-12-10-19(27-21)9-11-20(24)16-7-5-15(14-23)6-8-16/h2-13H,1H3/b11-9+. The van der Waals surface area contributed by atoms with Crippen molar-refractivity contribution in [2.24, 2.45) is 0 Å². The van der Waals surface area contributed by atoms with Crippen molar-refractivity contribution in [1.82, 2.24) is 0 Å². The van der Waals surface area contributed by atoms with E-state index >= 15 is 0 Å². The molecular weight excluding hydrogens is 342 g/mol. The predicted molar refractivity (Wildman–Crippen MR) is 100 cm³/mol. The molecule has 5 nitrogen and oxygen atoms in total. The molecule has 132 valence electrons. The van der Waals surface area contributed by atoms with Gasteiger partial charge in [-0.1, -0.05) is 12.1 Å². The molecule has 0 saturated heterocycles. The first-order valence-corrected chi connectivity index (χ1v) is 8.12. The van der Waals surface area contributed by atoms with Crippen molar-refractivity contribution < 1.29 is 18.7 Å². The van der Waals surface area contributed by atoms with Crippen LogP contribution in [0.25, 0.3) is 17.4 Å². The molecule has 3 rings (SSSR count). The van der Waals surface area contributed by atoms with Crippen LogP contribution >= 0.6 is 0 Å². The Balaban J connectivity index is 1.76. The number of ether oxygens (including phenoxy) is 1. The second-order valence-electron chi connectivity index (χ2n) is 5.66. The fourth-order valence-corrected chi connectivity index (χ4v) is 2.48. The number of carbonyl (C=O) groups excluding carboxylic acids is 2. The number of rotatable bonds is 5. The van der Waals surface area contributed by atoms with E-state index in [9.17, 15) is 9.59 Å². The number of esters is 1. The van der Waals surface area contributed by atoms with Crippen molar-refractivity contribution in [3.63, 3.8) is 0 Å². The first-order valence-electron chi connectivity index (χ1n) is 8.12. The summed E-state index contributed by atoms with van der Waals surface area (Å²) in [5.74, 6) is 0.475. The van der Waals surface area contributed by atoms with Gasteiger partial charge in [0.25, 0.3) is 0 Å². The van der Waals surface area contributed by atoms with Crippen LogP contribution in [-0.4, -0.2) is 18.9 Å². The van der Waals surface area contributed by atoms with Crippen LogP contribution in [0, 0.1) is 11.3 Å². The maximum Gasteiger partial charge on any atom is 0.337 e. The van der Waals surface area contributed by atoms with Gasteiger partial charge >= 0.3 is 5.97 Å². The Bertz CT molecular complexity index is 1050. The maximum atomic E-state index is 12.2. The molecule has 0 fully saturated rings. The predicted octanol–water partition coefficient (Wildman–Crippen LogP) is 4.50. The molecule has 0 amide bonds. The minimum Gasteiger partial charge on any atom is -0.465 e. The summed E-state index contributed by atoms with van der Waals surface area (Å²) in [5, 5.41) is 8.79. The average Bonchev–Trinajstić information content (AvgIpc) is 3.20. The lowest BCUT2D eigenvalue weighted by atomic mass is 10.1. The number of nitriles is 1. The van der Waals surface area contributed by atoms with Gasteiger partial charge in [0.2, 0.25) is 0 Å². The van der Waals surface area contributed by atoms with Gasteiger partial charge in [0.1, 0.15) is 11.5 Å². The lowest BCUT2D eigenvalue weighted by molar-refractivity contribution is 0.0600. The topological polar surface area (TPSA) is 80.3 Å². The van der Waals surface area contributed by atoms with Gasteiger partial charge in [0.15, 0.2) is 5.78 Å². The normalized spacial score (nSPS) is 10.5. The Morgan fingerprint density at radius 2 is 1.81 bits per heavy atom. The quantitative estimate of drug-likeness (QED) is 0.381. The molecule has 0 aliphatic rings. The van der Waals surface area contributed by atoms with Crippen molar-refractivity contribution in [2.75, 3.05) is 7.11 Å². The van der Waals surface area contributed by atoms with Crippen molar-refractivity contribution in [3.8, 4) is 17.4 Å². The summed E-state index contributed by atoms with van der Waals surface area (Å²) >= 11 is 0. The zero-order valence-corrected chi connectivity index (χ0v) is 14.5. The third kappa shape index (κ3) is 4.20. The van der Waals surface area contributed by atoms with Gasteiger partial charge in [-0.3, -0.25) is 4.79 Å². The van der Waals surface area contributed by atoms with Gasteiger partial charge in [-0.2, -0.15) is 5.26 Å². The molecule has 0 spiro atoms. The fourth-order valence-electron chi connectivity index (χ4n) is 2.48. The van der Waals surface area contributed by atoms with Gasteiger partial charge in [-0.25, -0.2) is 4.79 Å². The number of hydrogen-bond donors (Lipinski definition) is 0. The van der Waals surface area contributed by atoms with E-state index in [1.807, 2.05) is 12.1 Å². The second-order valence-corrected chi connectivity index (χ2v) is 5.66. The Hall–Kier alpha value is -3.91. The highest BCUT2D eigenvalue weighted by molar-refractivity contribution is 6.06. The summed E-state index contributed by atoms with van der Waals surface area (Å²) < 4.78 is 10.4. The van der Waals surface area contributed by atoms with Crippen LogP contribution in [0.4, 0.5) is 0 Å². The first-order chi connectivity index (χ1) is 13.1. The zero-order chi connectivity index (χ0) is 19.2. The van der Waals surface area contributed by atoms with E-state index in [2.05, 4.69) is 0 Å². The summed E-state index contributed by atoms with van der Waals surface area (Å²) in [4.78, 5) is 23.8. The Kier molecular flexibility index (Phi) is 5.29. The number of carbonyl (C=O) groups is 2. The van der Waals surface area contributed by atoms with Gasteiger partial charge in [-0.15, -0.1) is 0 Å². The molecule has 0 aliphatic heterocycles. The number of hydrogen-bond acceptors (Lipinski definition) is 5. The van der Waals surface area contributed by atoms with Crippen LogP contribution < -0.4 is 0 Å². The Labute approximate surface area is 156 Å². The number of methoxy groups -OCH3 is 1. The van der Waals surface area contributed by atoms with Gasteiger partial charge in [-0.05, 0) is 60.7 Å². The lowest BCUT2D eigenvalue weighted by Crippen LogP contribution is -2.00. The smallest absolute Gasteiger partial charge is 0.337 e. The van der Waals surface area contributed by atoms with Crippen LogP contribution in [-0.2, 0) is 4.74 Å². The summed E-state index contributed by atoms with van der Waals surface area (Å²) in [7, 11) is 1.33. The molecule has 0 bridgehead atoms. The third-order valence-electron chi connectivity index (χ3n) is 3.89. The van der Waals surface area contributed by atoms with E-state index in [0.717, 1.165) is 5.56 Å².